The predicted octanol–water partition coefficient (Wildman–Crippen LogP) is 1.81. The molecule has 0 aromatic heterocycles. The molecule has 2 spiro atoms. The van der Waals surface area contributed by atoms with E-state index >= 15 is 0 Å². The van der Waals surface area contributed by atoms with Crippen molar-refractivity contribution in [2.24, 2.45) is 28.6 Å². The minimum absolute atomic E-state index is 0.0222. The van der Waals surface area contributed by atoms with Gasteiger partial charge >= 0.3 is 0 Å². The summed E-state index contributed by atoms with van der Waals surface area (Å²) < 4.78 is 11.3. The largest absolute Gasteiger partial charge is 0.446 e. The fraction of sp³-hybridized carbons (Fsp3) is 0.889. The molecule has 6 aliphatic rings. The predicted molar refractivity (Wildman–Crippen MR) is 83.3 cm³/mol. The summed E-state index contributed by atoms with van der Waals surface area (Å²) in [5.74, 6) is -0.429. The Kier molecular flexibility index (Phi) is 3.05. The maximum Gasteiger partial charge on any atom is 0.294 e. The average Bonchev–Trinajstić information content (AvgIpc) is 2.77. The summed E-state index contributed by atoms with van der Waals surface area (Å²) in [5.41, 5.74) is -0.275. The van der Waals surface area contributed by atoms with Crippen LogP contribution in [0, 0.1) is 28.6 Å². The molecule has 3 saturated heterocycles. The average molecular weight is 351 g/mol. The van der Waals surface area contributed by atoms with Gasteiger partial charge in [0, 0.05) is 29.1 Å². The molecular formula is C18H25NO6. The molecule has 1 amide bonds. The molecule has 0 N–H and O–H groups in total. The monoisotopic (exact) mass is 351 g/mol. The highest BCUT2D eigenvalue weighted by Gasteiger charge is 2.84. The van der Waals surface area contributed by atoms with E-state index in [4.69, 9.17) is 19.2 Å². The number of fused-ring (bicyclic) bond motifs is 4. The van der Waals surface area contributed by atoms with Crippen molar-refractivity contribution in [2.75, 3.05) is 6.73 Å². The van der Waals surface area contributed by atoms with Gasteiger partial charge < -0.3 is 9.47 Å². The van der Waals surface area contributed by atoms with Crippen LogP contribution in [0.5, 0.6) is 0 Å². The van der Waals surface area contributed by atoms with Crippen molar-refractivity contribution < 1.29 is 28.8 Å². The number of piperidine rings is 1. The van der Waals surface area contributed by atoms with Gasteiger partial charge in [0.05, 0.1) is 0 Å². The molecule has 8 atom stereocenters. The smallest absolute Gasteiger partial charge is 0.294 e. The number of amides is 1. The SMILES string of the molecule is C[C@@H]1CCC23C4OO[C@@]5(C)CCC41C2C(O5)N(COC=O)C(=O)[C@@H]3C. The van der Waals surface area contributed by atoms with E-state index in [9.17, 15) is 9.59 Å². The van der Waals surface area contributed by atoms with Crippen LogP contribution in [-0.2, 0) is 28.8 Å². The van der Waals surface area contributed by atoms with Crippen LogP contribution in [0.1, 0.15) is 46.5 Å². The number of hydrogen-bond acceptors (Lipinski definition) is 6. The van der Waals surface area contributed by atoms with Crippen molar-refractivity contribution in [1.29, 1.82) is 0 Å². The fourth-order valence-electron chi connectivity index (χ4n) is 6.91. The minimum Gasteiger partial charge on any atom is -0.446 e. The maximum absolute atomic E-state index is 13.1. The lowest BCUT2D eigenvalue weighted by Gasteiger charge is -2.77. The standard InChI is InChI=1S/C18H25NO6/c1-10-4-5-18-11(2)13(21)19(8-22-9-20)14-12(18)17(10)7-6-16(3,23-14)25-24-15(17)18/h9-12,14-15H,4-8H2,1-3H3/t10-,11+,12?,14?,15?,16+,17?,18?/m1/s1. The maximum atomic E-state index is 13.1. The summed E-state index contributed by atoms with van der Waals surface area (Å²) >= 11 is 0. The second-order valence-electron chi connectivity index (χ2n) is 8.77. The van der Waals surface area contributed by atoms with Gasteiger partial charge in [-0.2, -0.15) is 0 Å². The summed E-state index contributed by atoms with van der Waals surface area (Å²) in [7, 11) is 0. The third kappa shape index (κ3) is 1.59. The van der Waals surface area contributed by atoms with Crippen LogP contribution in [0.2, 0.25) is 0 Å². The number of carbonyl (C=O) groups is 2. The summed E-state index contributed by atoms with van der Waals surface area (Å²) in [5, 5.41) is 0. The lowest BCUT2D eigenvalue weighted by molar-refractivity contribution is -0.534. The van der Waals surface area contributed by atoms with Crippen molar-refractivity contribution in [2.45, 2.75) is 64.6 Å². The van der Waals surface area contributed by atoms with Gasteiger partial charge in [0.25, 0.3) is 6.47 Å². The van der Waals surface area contributed by atoms with Crippen LogP contribution >= 0.6 is 0 Å². The van der Waals surface area contributed by atoms with Gasteiger partial charge in [-0.05, 0) is 32.1 Å². The number of hydrogen-bond donors (Lipinski definition) is 0. The van der Waals surface area contributed by atoms with Gasteiger partial charge in [-0.15, -0.1) is 0 Å². The normalized spacial score (nSPS) is 55.9. The van der Waals surface area contributed by atoms with Crippen LogP contribution in [-0.4, -0.2) is 42.1 Å². The lowest BCUT2D eigenvalue weighted by Crippen LogP contribution is -2.84. The van der Waals surface area contributed by atoms with E-state index in [0.29, 0.717) is 12.4 Å². The van der Waals surface area contributed by atoms with E-state index in [1.165, 1.54) is 0 Å². The van der Waals surface area contributed by atoms with E-state index < -0.39 is 12.0 Å². The van der Waals surface area contributed by atoms with Gasteiger partial charge in [0.15, 0.2) is 6.73 Å². The molecule has 3 aliphatic carbocycles. The molecule has 3 heterocycles. The zero-order valence-corrected chi connectivity index (χ0v) is 14.9. The molecule has 25 heavy (non-hydrogen) atoms. The van der Waals surface area contributed by atoms with E-state index in [1.54, 1.807) is 4.90 Å². The van der Waals surface area contributed by atoms with Gasteiger partial charge in [0.2, 0.25) is 11.7 Å². The topological polar surface area (TPSA) is 74.3 Å². The number of nitrogens with zero attached hydrogens (tertiary/aromatic N) is 1. The lowest BCUT2D eigenvalue weighted by atomic mass is 9.30. The van der Waals surface area contributed by atoms with Crippen LogP contribution in [0.4, 0.5) is 0 Å². The summed E-state index contributed by atoms with van der Waals surface area (Å²) in [6.45, 7) is 6.45. The number of likely N-dealkylation sites (tertiary alicyclic amines) is 1. The molecule has 3 bridgehead atoms. The molecule has 6 rings (SSSR count). The Hall–Kier alpha value is -1.18. The first-order chi connectivity index (χ1) is 11.9. The van der Waals surface area contributed by atoms with E-state index in [-0.39, 0.29) is 41.4 Å². The van der Waals surface area contributed by atoms with Crippen LogP contribution in [0.15, 0.2) is 0 Å². The van der Waals surface area contributed by atoms with E-state index in [2.05, 4.69) is 6.92 Å². The Bertz CT molecular complexity index is 641. The van der Waals surface area contributed by atoms with Crippen molar-refractivity contribution in [1.82, 2.24) is 4.90 Å². The van der Waals surface area contributed by atoms with Crippen molar-refractivity contribution >= 4 is 12.4 Å². The molecule has 0 aromatic carbocycles. The van der Waals surface area contributed by atoms with Gasteiger partial charge in [-0.1, -0.05) is 13.8 Å². The first-order valence-electron chi connectivity index (χ1n) is 9.29. The third-order valence-corrected chi connectivity index (χ3v) is 8.10. The second kappa shape index (κ2) is 4.75. The molecule has 6 fully saturated rings. The molecule has 3 saturated carbocycles. The number of carbonyl (C=O) groups excluding carboxylic acids is 2. The van der Waals surface area contributed by atoms with Crippen molar-refractivity contribution in [3.8, 4) is 0 Å². The first kappa shape index (κ1) is 16.0. The van der Waals surface area contributed by atoms with Gasteiger partial charge in [-0.3, -0.25) is 14.5 Å². The Morgan fingerprint density at radius 1 is 1.28 bits per heavy atom. The van der Waals surface area contributed by atoms with Crippen molar-refractivity contribution in [3.05, 3.63) is 0 Å². The molecule has 5 unspecified atom stereocenters. The van der Waals surface area contributed by atoms with Crippen LogP contribution in [0.25, 0.3) is 0 Å². The van der Waals surface area contributed by atoms with E-state index in [0.717, 1.165) is 25.7 Å². The zero-order valence-electron chi connectivity index (χ0n) is 14.9. The highest BCUT2D eigenvalue weighted by molar-refractivity contribution is 5.81. The van der Waals surface area contributed by atoms with Crippen LogP contribution in [0.3, 0.4) is 0 Å². The molecule has 0 radical (unpaired) electrons. The van der Waals surface area contributed by atoms with E-state index in [1.807, 2.05) is 13.8 Å². The van der Waals surface area contributed by atoms with Gasteiger partial charge in [0.1, 0.15) is 12.3 Å². The Balaban J connectivity index is 1.67. The Morgan fingerprint density at radius 3 is 2.84 bits per heavy atom. The molecular weight excluding hydrogens is 326 g/mol. The fourth-order valence-corrected chi connectivity index (χ4v) is 6.91. The summed E-state index contributed by atoms with van der Waals surface area (Å²) in [4.78, 5) is 37.3. The highest BCUT2D eigenvalue weighted by Crippen LogP contribution is 2.79. The number of rotatable bonds is 3. The first-order valence-corrected chi connectivity index (χ1v) is 9.29. The van der Waals surface area contributed by atoms with Gasteiger partial charge in [-0.25, -0.2) is 9.78 Å². The zero-order chi connectivity index (χ0) is 17.6. The van der Waals surface area contributed by atoms with Crippen molar-refractivity contribution in [3.63, 3.8) is 0 Å². The molecule has 7 nitrogen and oxygen atoms in total. The molecule has 7 heteroatoms. The Labute approximate surface area is 146 Å². The molecule has 3 aliphatic heterocycles. The Morgan fingerprint density at radius 2 is 2.08 bits per heavy atom. The minimum atomic E-state index is -0.879. The third-order valence-electron chi connectivity index (χ3n) is 8.10. The highest BCUT2D eigenvalue weighted by atomic mass is 17.2. The summed E-state index contributed by atoms with van der Waals surface area (Å²) in [6.07, 6.45) is 3.26. The molecule has 0 aromatic rings. The molecule has 138 valence electrons. The number of ether oxygens (including phenoxy) is 2. The van der Waals surface area contributed by atoms with Crippen LogP contribution < -0.4 is 0 Å². The summed E-state index contributed by atoms with van der Waals surface area (Å²) in [6, 6.07) is 0. The second-order valence-corrected chi connectivity index (χ2v) is 8.77. The quantitative estimate of drug-likeness (QED) is 0.570.